The molecular formula is C10H12Cl2N6O. The van der Waals surface area contributed by atoms with Crippen molar-refractivity contribution >= 4 is 34.8 Å². The van der Waals surface area contributed by atoms with E-state index in [0.29, 0.717) is 46.4 Å². The molecule has 0 aliphatic heterocycles. The first-order valence-electron chi connectivity index (χ1n) is 5.46. The van der Waals surface area contributed by atoms with E-state index in [1.807, 2.05) is 0 Å². The van der Waals surface area contributed by atoms with Gasteiger partial charge < -0.3 is 15.3 Å². The second-order valence-electron chi connectivity index (χ2n) is 3.70. The molecule has 0 aromatic carbocycles. The van der Waals surface area contributed by atoms with Gasteiger partial charge in [-0.25, -0.2) is 10.8 Å². The first-order valence-corrected chi connectivity index (χ1v) is 6.21. The maximum absolute atomic E-state index is 6.02. The van der Waals surface area contributed by atoms with E-state index in [1.54, 1.807) is 13.0 Å². The normalized spacial score (nSPS) is 10.5. The molecule has 2 heterocycles. The van der Waals surface area contributed by atoms with Gasteiger partial charge in [-0.05, 0) is 6.07 Å². The Morgan fingerprint density at radius 2 is 2.00 bits per heavy atom. The zero-order valence-corrected chi connectivity index (χ0v) is 11.6. The van der Waals surface area contributed by atoms with Crippen LogP contribution in [-0.2, 0) is 6.42 Å². The summed E-state index contributed by atoms with van der Waals surface area (Å²) in [7, 11) is 0. The van der Waals surface area contributed by atoms with Crippen molar-refractivity contribution in [3.05, 3.63) is 27.8 Å². The van der Waals surface area contributed by atoms with Crippen LogP contribution in [0.1, 0.15) is 11.7 Å². The number of aromatic nitrogens is 3. The molecule has 2 aromatic rings. The Hall–Kier alpha value is -1.57. The van der Waals surface area contributed by atoms with Crippen LogP contribution in [-0.4, -0.2) is 21.7 Å². The lowest BCUT2D eigenvalue weighted by Gasteiger charge is -2.09. The van der Waals surface area contributed by atoms with Gasteiger partial charge in [-0.2, -0.15) is 4.98 Å². The van der Waals surface area contributed by atoms with Crippen molar-refractivity contribution in [2.24, 2.45) is 5.84 Å². The fraction of sp³-hybridized carbons (Fsp3) is 0.300. The van der Waals surface area contributed by atoms with E-state index in [4.69, 9.17) is 33.6 Å². The number of rotatable bonds is 5. The quantitative estimate of drug-likeness (QED) is 0.573. The van der Waals surface area contributed by atoms with E-state index in [9.17, 15) is 0 Å². The SMILES string of the molecule is Cc1nc(CCNc2nc(NN)c(Cl)cc2Cl)no1. The zero-order chi connectivity index (χ0) is 13.8. The molecule has 0 aliphatic rings. The standard InChI is InChI=1S/C10H12Cl2N6O/c1-5-15-8(18-19-5)2-3-14-9-6(11)4-7(12)10(16-9)17-13/h4H,2-3,13H2,1H3,(H2,14,16,17). The summed E-state index contributed by atoms with van der Waals surface area (Å²) in [6, 6.07) is 1.56. The Morgan fingerprint density at radius 3 is 2.63 bits per heavy atom. The van der Waals surface area contributed by atoms with Gasteiger partial charge in [0.25, 0.3) is 0 Å². The molecule has 2 aromatic heterocycles. The van der Waals surface area contributed by atoms with Crippen LogP contribution >= 0.6 is 23.2 Å². The third-order valence-corrected chi connectivity index (χ3v) is 2.85. The number of pyridine rings is 1. The molecule has 0 unspecified atom stereocenters. The zero-order valence-electron chi connectivity index (χ0n) is 10.1. The summed E-state index contributed by atoms with van der Waals surface area (Å²) in [6.45, 7) is 2.29. The van der Waals surface area contributed by atoms with Crippen LogP contribution < -0.4 is 16.6 Å². The maximum atomic E-state index is 6.02. The summed E-state index contributed by atoms with van der Waals surface area (Å²) in [5, 5.41) is 7.60. The van der Waals surface area contributed by atoms with E-state index in [0.717, 1.165) is 0 Å². The Bertz CT molecular complexity index is 573. The molecule has 0 saturated carbocycles. The van der Waals surface area contributed by atoms with Crippen LogP contribution in [0.3, 0.4) is 0 Å². The summed E-state index contributed by atoms with van der Waals surface area (Å²) in [4.78, 5) is 8.24. The summed E-state index contributed by atoms with van der Waals surface area (Å²) < 4.78 is 4.87. The number of hydrogen-bond donors (Lipinski definition) is 3. The van der Waals surface area contributed by atoms with Gasteiger partial charge >= 0.3 is 0 Å². The monoisotopic (exact) mass is 302 g/mol. The van der Waals surface area contributed by atoms with Crippen molar-refractivity contribution in [3.63, 3.8) is 0 Å². The topological polar surface area (TPSA) is 102 Å². The minimum atomic E-state index is 0.351. The van der Waals surface area contributed by atoms with Crippen molar-refractivity contribution in [2.45, 2.75) is 13.3 Å². The van der Waals surface area contributed by atoms with E-state index in [1.165, 1.54) is 0 Å². The van der Waals surface area contributed by atoms with Crippen molar-refractivity contribution in [3.8, 4) is 0 Å². The first-order chi connectivity index (χ1) is 9.10. The first kappa shape index (κ1) is 13.9. The Balaban J connectivity index is 1.99. The van der Waals surface area contributed by atoms with Gasteiger partial charge in [0, 0.05) is 19.9 Å². The fourth-order valence-electron chi connectivity index (χ4n) is 1.43. The molecule has 0 radical (unpaired) electrons. The number of aryl methyl sites for hydroxylation is 1. The number of nitrogens with one attached hydrogen (secondary N) is 2. The summed E-state index contributed by atoms with van der Waals surface area (Å²) >= 11 is 11.9. The van der Waals surface area contributed by atoms with E-state index in [-0.39, 0.29) is 0 Å². The molecule has 0 saturated heterocycles. The number of nitrogen functional groups attached to an aromatic ring is 1. The average molecular weight is 303 g/mol. The Labute approximate surface area is 119 Å². The van der Waals surface area contributed by atoms with Crippen molar-refractivity contribution in [1.82, 2.24) is 15.1 Å². The van der Waals surface area contributed by atoms with Crippen molar-refractivity contribution < 1.29 is 4.52 Å². The highest BCUT2D eigenvalue weighted by atomic mass is 35.5. The second kappa shape index (κ2) is 6.05. The summed E-state index contributed by atoms with van der Waals surface area (Å²) in [5.74, 6) is 7.28. The molecule has 0 spiro atoms. The average Bonchev–Trinajstić information content (AvgIpc) is 2.78. The van der Waals surface area contributed by atoms with Crippen LogP contribution in [0.25, 0.3) is 0 Å². The van der Waals surface area contributed by atoms with Gasteiger partial charge in [0.1, 0.15) is 5.82 Å². The number of nitrogens with two attached hydrogens (primary N) is 1. The summed E-state index contributed by atoms with van der Waals surface area (Å²) in [5.41, 5.74) is 2.39. The van der Waals surface area contributed by atoms with Crippen molar-refractivity contribution in [2.75, 3.05) is 17.3 Å². The molecule has 102 valence electrons. The van der Waals surface area contributed by atoms with Gasteiger partial charge in [0.15, 0.2) is 11.6 Å². The van der Waals surface area contributed by atoms with Crippen LogP contribution in [0, 0.1) is 6.92 Å². The second-order valence-corrected chi connectivity index (χ2v) is 4.51. The lowest BCUT2D eigenvalue weighted by molar-refractivity contribution is 0.387. The number of halogens is 2. The van der Waals surface area contributed by atoms with E-state index < -0.39 is 0 Å². The van der Waals surface area contributed by atoms with Gasteiger partial charge in [-0.3, -0.25) is 0 Å². The third-order valence-electron chi connectivity index (χ3n) is 2.28. The van der Waals surface area contributed by atoms with E-state index in [2.05, 4.69) is 25.9 Å². The van der Waals surface area contributed by atoms with Crippen LogP contribution in [0.5, 0.6) is 0 Å². The molecule has 0 aliphatic carbocycles. The molecule has 4 N–H and O–H groups in total. The van der Waals surface area contributed by atoms with Gasteiger partial charge in [0.05, 0.1) is 10.0 Å². The molecule has 0 atom stereocenters. The molecule has 0 fully saturated rings. The maximum Gasteiger partial charge on any atom is 0.223 e. The van der Waals surface area contributed by atoms with Gasteiger partial charge in [-0.15, -0.1) is 0 Å². The molecule has 7 nitrogen and oxygen atoms in total. The van der Waals surface area contributed by atoms with Crippen LogP contribution in [0.4, 0.5) is 11.6 Å². The van der Waals surface area contributed by atoms with Gasteiger partial charge in [-0.1, -0.05) is 28.4 Å². The van der Waals surface area contributed by atoms with Gasteiger partial charge in [0.2, 0.25) is 5.89 Å². The summed E-state index contributed by atoms with van der Waals surface area (Å²) in [6.07, 6.45) is 0.587. The molecule has 0 amide bonds. The molecule has 9 heteroatoms. The highest BCUT2D eigenvalue weighted by molar-refractivity contribution is 6.37. The lowest BCUT2D eigenvalue weighted by Crippen LogP contribution is -2.12. The van der Waals surface area contributed by atoms with Crippen LogP contribution in [0.2, 0.25) is 10.0 Å². The third kappa shape index (κ3) is 3.46. The fourth-order valence-corrected chi connectivity index (χ4v) is 1.91. The number of nitrogens with zero attached hydrogens (tertiary/aromatic N) is 3. The largest absolute Gasteiger partial charge is 0.368 e. The minimum Gasteiger partial charge on any atom is -0.368 e. The van der Waals surface area contributed by atoms with Crippen molar-refractivity contribution in [1.29, 1.82) is 0 Å². The molecular weight excluding hydrogens is 291 g/mol. The predicted octanol–water partition coefficient (Wildman–Crippen LogP) is 2.02. The number of hydrogen-bond acceptors (Lipinski definition) is 7. The van der Waals surface area contributed by atoms with Crippen LogP contribution in [0.15, 0.2) is 10.6 Å². The highest BCUT2D eigenvalue weighted by Crippen LogP contribution is 2.28. The molecule has 2 rings (SSSR count). The predicted molar refractivity (Wildman–Crippen MR) is 73.3 cm³/mol. The molecule has 19 heavy (non-hydrogen) atoms. The highest BCUT2D eigenvalue weighted by Gasteiger charge is 2.09. The number of hydrazine groups is 1. The minimum absolute atomic E-state index is 0.351. The Morgan fingerprint density at radius 1 is 1.26 bits per heavy atom. The van der Waals surface area contributed by atoms with E-state index >= 15 is 0 Å². The molecule has 0 bridgehead atoms. The lowest BCUT2D eigenvalue weighted by atomic mass is 10.4. The smallest absolute Gasteiger partial charge is 0.223 e. The number of anilines is 2. The Kier molecular flexibility index (Phi) is 4.41.